The van der Waals surface area contributed by atoms with Gasteiger partial charge in [0, 0.05) is 17.3 Å². The van der Waals surface area contributed by atoms with E-state index in [1.165, 1.54) is 55.8 Å². The third-order valence-corrected chi connectivity index (χ3v) is 5.32. The van der Waals surface area contributed by atoms with E-state index in [0.717, 1.165) is 0 Å². The van der Waals surface area contributed by atoms with Crippen molar-refractivity contribution in [1.29, 1.82) is 0 Å². The molecule has 0 bridgehead atoms. The first kappa shape index (κ1) is 22.7. The molecule has 0 spiro atoms. The van der Waals surface area contributed by atoms with Gasteiger partial charge in [0.2, 0.25) is 0 Å². The zero-order valence-corrected chi connectivity index (χ0v) is 18.3. The number of carbonyl (C=O) groups excluding carboxylic acids is 2. The molecular weight excluding hydrogens is 441 g/mol. The highest BCUT2D eigenvalue weighted by atomic mass is 19.1. The predicted octanol–water partition coefficient (Wildman–Crippen LogP) is 3.84. The number of Topliss-reactive ketones (excluding diaryl/α,β-unsaturated/α-hetero) is 1. The Morgan fingerprint density at radius 1 is 1.06 bits per heavy atom. The number of amides is 1. The Bertz CT molecular complexity index is 1270. The van der Waals surface area contributed by atoms with Crippen molar-refractivity contribution in [1.82, 2.24) is 4.98 Å². The molecule has 1 aliphatic heterocycles. The molecule has 1 amide bonds. The number of aromatic nitrogens is 1. The van der Waals surface area contributed by atoms with Crippen LogP contribution in [0, 0.1) is 5.82 Å². The zero-order valence-electron chi connectivity index (χ0n) is 18.3. The van der Waals surface area contributed by atoms with Crippen molar-refractivity contribution in [3.8, 4) is 5.75 Å². The van der Waals surface area contributed by atoms with Crippen molar-refractivity contribution in [2.24, 2.45) is 5.16 Å². The molecule has 1 aliphatic rings. The number of benzene rings is 2. The lowest BCUT2D eigenvalue weighted by Crippen LogP contribution is -2.30. The fourth-order valence-corrected chi connectivity index (χ4v) is 3.66. The van der Waals surface area contributed by atoms with Gasteiger partial charge in [-0.1, -0.05) is 17.3 Å². The van der Waals surface area contributed by atoms with Gasteiger partial charge in [-0.2, -0.15) is 0 Å². The van der Waals surface area contributed by atoms with E-state index < -0.39 is 23.5 Å². The second-order valence-electron chi connectivity index (χ2n) is 7.32. The second-order valence-corrected chi connectivity index (χ2v) is 7.32. The lowest BCUT2D eigenvalue weighted by atomic mass is 9.95. The highest BCUT2D eigenvalue weighted by molar-refractivity contribution is 6.51. The Morgan fingerprint density at radius 3 is 2.35 bits per heavy atom. The van der Waals surface area contributed by atoms with E-state index in [2.05, 4.69) is 15.0 Å². The van der Waals surface area contributed by atoms with Gasteiger partial charge in [0.15, 0.2) is 0 Å². The Labute approximate surface area is 194 Å². The molecule has 1 saturated heterocycles. The Balaban J connectivity index is 1.85. The van der Waals surface area contributed by atoms with E-state index in [0.29, 0.717) is 22.4 Å². The topological polar surface area (TPSA) is 101 Å². The molecule has 34 heavy (non-hydrogen) atoms. The second kappa shape index (κ2) is 9.53. The molecule has 0 radical (unpaired) electrons. The maximum Gasteiger partial charge on any atom is 0.301 e. The highest BCUT2D eigenvalue weighted by Crippen LogP contribution is 2.41. The summed E-state index contributed by atoms with van der Waals surface area (Å²) in [7, 11) is 2.91. The number of carbonyl (C=O) groups is 2. The molecule has 3 aromatic rings. The number of aliphatic hydroxyl groups excluding tert-OH is 1. The van der Waals surface area contributed by atoms with Crippen molar-refractivity contribution in [2.75, 3.05) is 19.1 Å². The minimum Gasteiger partial charge on any atom is -0.507 e. The van der Waals surface area contributed by atoms with Crippen LogP contribution in [0.2, 0.25) is 0 Å². The Kier molecular flexibility index (Phi) is 6.35. The summed E-state index contributed by atoms with van der Waals surface area (Å²) in [5.74, 6) is -1.84. The van der Waals surface area contributed by atoms with E-state index in [4.69, 9.17) is 4.74 Å². The lowest BCUT2D eigenvalue weighted by molar-refractivity contribution is -0.132. The Morgan fingerprint density at radius 2 is 1.76 bits per heavy atom. The summed E-state index contributed by atoms with van der Waals surface area (Å²) in [6.45, 7) is 0. The number of hydrogen-bond acceptors (Lipinski definition) is 7. The predicted molar refractivity (Wildman–Crippen MR) is 123 cm³/mol. The van der Waals surface area contributed by atoms with Crippen LogP contribution in [-0.4, -0.2) is 42.2 Å². The number of halogens is 1. The van der Waals surface area contributed by atoms with Crippen LogP contribution in [0.5, 0.6) is 5.75 Å². The molecule has 1 atom stereocenters. The monoisotopic (exact) mass is 461 g/mol. The largest absolute Gasteiger partial charge is 0.507 e. The molecule has 172 valence electrons. The van der Waals surface area contributed by atoms with Gasteiger partial charge < -0.3 is 14.7 Å². The smallest absolute Gasteiger partial charge is 0.301 e. The molecule has 9 heteroatoms. The fraction of sp³-hybridized carbons (Fsp3) is 0.120. The van der Waals surface area contributed by atoms with E-state index >= 15 is 0 Å². The van der Waals surface area contributed by atoms with E-state index in [9.17, 15) is 19.1 Å². The van der Waals surface area contributed by atoms with Crippen LogP contribution in [-0.2, 0) is 14.4 Å². The van der Waals surface area contributed by atoms with Gasteiger partial charge in [-0.3, -0.25) is 14.5 Å². The van der Waals surface area contributed by atoms with Crippen molar-refractivity contribution < 1.29 is 28.7 Å². The minimum absolute atomic E-state index is 0.131. The van der Waals surface area contributed by atoms with Crippen molar-refractivity contribution >= 4 is 29.5 Å². The van der Waals surface area contributed by atoms with Crippen LogP contribution < -0.4 is 9.64 Å². The highest BCUT2D eigenvalue weighted by Gasteiger charge is 2.47. The average molecular weight is 461 g/mol. The normalized spacial score (nSPS) is 17.4. The van der Waals surface area contributed by atoms with Crippen LogP contribution in [0.15, 0.2) is 77.6 Å². The maximum atomic E-state index is 13.6. The standard InChI is InChI=1S/C25H20FN3O5/c1-33-19-10-6-17(7-11-19)23(30)21-22(16-4-8-18(26)9-5-16)29(25(32)24(21)31)20-12-3-15(13-27-20)14-28-34-2/h3-14,22,30H,1-2H3/b23-21-,28-14+. The number of rotatable bonds is 6. The van der Waals surface area contributed by atoms with Crippen LogP contribution in [0.3, 0.4) is 0 Å². The molecular formula is C25H20FN3O5. The molecule has 0 aliphatic carbocycles. The third-order valence-electron chi connectivity index (χ3n) is 5.32. The number of hydrogen-bond donors (Lipinski definition) is 1. The van der Waals surface area contributed by atoms with Gasteiger partial charge in [0.25, 0.3) is 5.78 Å². The van der Waals surface area contributed by atoms with Gasteiger partial charge in [0.1, 0.15) is 30.3 Å². The average Bonchev–Trinajstić information content (AvgIpc) is 3.13. The van der Waals surface area contributed by atoms with Crippen molar-refractivity contribution in [3.05, 3.63) is 94.9 Å². The van der Waals surface area contributed by atoms with E-state index in [-0.39, 0.29) is 17.2 Å². The van der Waals surface area contributed by atoms with E-state index in [1.807, 2.05) is 0 Å². The first-order chi connectivity index (χ1) is 16.4. The van der Waals surface area contributed by atoms with Crippen LogP contribution in [0.1, 0.15) is 22.7 Å². The number of anilines is 1. The molecule has 2 aromatic carbocycles. The molecule has 0 saturated carbocycles. The van der Waals surface area contributed by atoms with E-state index in [1.54, 1.807) is 36.4 Å². The summed E-state index contributed by atoms with van der Waals surface area (Å²) in [4.78, 5) is 36.3. The van der Waals surface area contributed by atoms with Gasteiger partial charge in [-0.05, 0) is 54.1 Å². The van der Waals surface area contributed by atoms with Gasteiger partial charge in [-0.25, -0.2) is 9.37 Å². The number of ketones is 1. The maximum absolute atomic E-state index is 13.6. The number of aliphatic hydroxyl groups is 1. The Hall–Kier alpha value is -4.53. The molecule has 1 fully saturated rings. The summed E-state index contributed by atoms with van der Waals surface area (Å²) in [6, 6.07) is 13.9. The first-order valence-corrected chi connectivity index (χ1v) is 10.2. The quantitative estimate of drug-likeness (QED) is 0.197. The molecule has 4 rings (SSSR count). The first-order valence-electron chi connectivity index (χ1n) is 10.2. The van der Waals surface area contributed by atoms with Crippen LogP contribution >= 0.6 is 0 Å². The molecule has 1 unspecified atom stereocenters. The SMILES string of the molecule is CO/N=C/c1ccc(N2C(=O)C(=O)/C(=C(\O)c3ccc(OC)cc3)C2c2ccc(F)cc2)nc1. The number of nitrogens with zero attached hydrogens (tertiary/aromatic N) is 3. The molecule has 1 N–H and O–H groups in total. The van der Waals surface area contributed by atoms with Crippen molar-refractivity contribution in [3.63, 3.8) is 0 Å². The summed E-state index contributed by atoms with van der Waals surface area (Å²) in [5, 5.41) is 14.7. The number of pyridine rings is 1. The third kappa shape index (κ3) is 4.23. The van der Waals surface area contributed by atoms with Gasteiger partial charge >= 0.3 is 5.91 Å². The fourth-order valence-electron chi connectivity index (χ4n) is 3.66. The number of oxime groups is 1. The number of methoxy groups -OCH3 is 1. The zero-order chi connectivity index (χ0) is 24.2. The minimum atomic E-state index is -1.02. The van der Waals surface area contributed by atoms with Gasteiger partial charge in [0.05, 0.1) is 24.9 Å². The van der Waals surface area contributed by atoms with Crippen LogP contribution in [0.4, 0.5) is 10.2 Å². The summed E-state index contributed by atoms with van der Waals surface area (Å²) in [6.07, 6.45) is 2.90. The van der Waals surface area contributed by atoms with Crippen LogP contribution in [0.25, 0.3) is 5.76 Å². The molecule has 2 heterocycles. The molecule has 8 nitrogen and oxygen atoms in total. The van der Waals surface area contributed by atoms with Gasteiger partial charge in [-0.15, -0.1) is 0 Å². The summed E-state index contributed by atoms with van der Waals surface area (Å²) in [5.41, 5.74) is 1.24. The van der Waals surface area contributed by atoms with Crippen molar-refractivity contribution in [2.45, 2.75) is 6.04 Å². The number of ether oxygens (including phenoxy) is 1. The summed E-state index contributed by atoms with van der Waals surface area (Å²) >= 11 is 0. The lowest BCUT2D eigenvalue weighted by Gasteiger charge is -2.24. The molecule has 1 aromatic heterocycles. The summed E-state index contributed by atoms with van der Waals surface area (Å²) < 4.78 is 18.8.